The number of imide groups is 1. The van der Waals surface area contributed by atoms with Crippen molar-refractivity contribution in [1.82, 2.24) is 19.4 Å². The summed E-state index contributed by atoms with van der Waals surface area (Å²) >= 11 is 0.990. The average Bonchev–Trinajstić information content (AvgIpc) is 3.28. The standard InChI is InChI=1S/C19H20N4O4S/c1-3-21-9-14(16(25)13-5-4-11(2)20-17(13)21)18(26)22-7-6-12(8-22)23-15(24)10-28-19(23)27/h4-5,9,12H,3,6-8,10H2,1-2H3. The van der Waals surface area contributed by atoms with E-state index in [1.54, 1.807) is 27.8 Å². The molecular formula is C19H20N4O4S. The summed E-state index contributed by atoms with van der Waals surface area (Å²) in [5, 5.41) is 0.153. The molecule has 2 aromatic rings. The fraction of sp³-hybridized carbons (Fsp3) is 0.421. The van der Waals surface area contributed by atoms with Crippen LogP contribution >= 0.6 is 11.8 Å². The summed E-state index contributed by atoms with van der Waals surface area (Å²) in [5.74, 6) is -0.430. The molecule has 1 unspecified atom stereocenters. The lowest BCUT2D eigenvalue weighted by atomic mass is 10.1. The normalized spacial score (nSPS) is 19.9. The molecule has 0 saturated carbocycles. The van der Waals surface area contributed by atoms with Crippen molar-refractivity contribution in [2.45, 2.75) is 32.9 Å². The zero-order chi connectivity index (χ0) is 20.0. The molecule has 0 radical (unpaired) electrons. The molecule has 0 spiro atoms. The predicted molar refractivity (Wildman–Crippen MR) is 105 cm³/mol. The second-order valence-electron chi connectivity index (χ2n) is 6.99. The van der Waals surface area contributed by atoms with Gasteiger partial charge in [0, 0.05) is 31.5 Å². The van der Waals surface area contributed by atoms with E-state index in [1.165, 1.54) is 4.90 Å². The van der Waals surface area contributed by atoms with Crippen LogP contribution in [0.25, 0.3) is 11.0 Å². The maximum absolute atomic E-state index is 13.1. The van der Waals surface area contributed by atoms with Crippen LogP contribution in [0.3, 0.4) is 0 Å². The van der Waals surface area contributed by atoms with Gasteiger partial charge in [-0.05, 0) is 32.4 Å². The molecule has 3 amide bonds. The fourth-order valence-electron chi connectivity index (χ4n) is 3.78. The van der Waals surface area contributed by atoms with Crippen molar-refractivity contribution < 1.29 is 14.4 Å². The Morgan fingerprint density at radius 3 is 2.75 bits per heavy atom. The Balaban J connectivity index is 1.65. The summed E-state index contributed by atoms with van der Waals surface area (Å²) in [6.07, 6.45) is 2.09. The highest BCUT2D eigenvalue weighted by Gasteiger charge is 2.40. The van der Waals surface area contributed by atoms with E-state index in [4.69, 9.17) is 0 Å². The maximum Gasteiger partial charge on any atom is 0.289 e. The first kappa shape index (κ1) is 18.7. The van der Waals surface area contributed by atoms with Gasteiger partial charge in [0.15, 0.2) is 0 Å². The molecule has 28 heavy (non-hydrogen) atoms. The molecule has 146 valence electrons. The van der Waals surface area contributed by atoms with Crippen molar-refractivity contribution in [3.8, 4) is 0 Å². The Morgan fingerprint density at radius 1 is 1.29 bits per heavy atom. The van der Waals surface area contributed by atoms with Crippen molar-refractivity contribution >= 4 is 39.8 Å². The van der Waals surface area contributed by atoms with E-state index in [1.807, 2.05) is 13.8 Å². The van der Waals surface area contributed by atoms with Gasteiger partial charge < -0.3 is 9.47 Å². The Kier molecular flexibility index (Phi) is 4.70. The molecule has 2 aliphatic heterocycles. The molecule has 2 aliphatic rings. The SMILES string of the molecule is CCn1cc(C(=O)N2CCC(N3C(=O)CSC3=O)C2)c(=O)c2ccc(C)nc21. The van der Waals surface area contributed by atoms with Crippen molar-refractivity contribution in [1.29, 1.82) is 0 Å². The van der Waals surface area contributed by atoms with Crippen LogP contribution in [0.5, 0.6) is 0 Å². The van der Waals surface area contributed by atoms with Crippen LogP contribution in [-0.4, -0.2) is 61.3 Å². The third-order valence-corrected chi connectivity index (χ3v) is 6.07. The molecule has 2 aromatic heterocycles. The first-order valence-electron chi connectivity index (χ1n) is 9.19. The van der Waals surface area contributed by atoms with Gasteiger partial charge in [-0.2, -0.15) is 0 Å². The largest absolute Gasteiger partial charge is 0.336 e. The van der Waals surface area contributed by atoms with Crippen LogP contribution in [0.15, 0.2) is 23.1 Å². The number of rotatable bonds is 3. The highest BCUT2D eigenvalue weighted by Crippen LogP contribution is 2.26. The fourth-order valence-corrected chi connectivity index (χ4v) is 4.55. The van der Waals surface area contributed by atoms with Crippen molar-refractivity contribution in [2.24, 2.45) is 0 Å². The smallest absolute Gasteiger partial charge is 0.289 e. The van der Waals surface area contributed by atoms with Gasteiger partial charge >= 0.3 is 0 Å². The number of carbonyl (C=O) groups excluding carboxylic acids is 3. The molecule has 2 saturated heterocycles. The molecule has 2 fully saturated rings. The summed E-state index contributed by atoms with van der Waals surface area (Å²) in [7, 11) is 0. The average molecular weight is 400 g/mol. The molecule has 0 aliphatic carbocycles. The number of amides is 3. The molecule has 4 heterocycles. The molecule has 8 nitrogen and oxygen atoms in total. The number of thioether (sulfide) groups is 1. The van der Waals surface area contributed by atoms with E-state index in [2.05, 4.69) is 4.98 Å². The van der Waals surface area contributed by atoms with Gasteiger partial charge in [-0.25, -0.2) is 4.98 Å². The minimum atomic E-state index is -0.371. The second kappa shape index (κ2) is 7.05. The van der Waals surface area contributed by atoms with Crippen molar-refractivity contribution in [3.63, 3.8) is 0 Å². The van der Waals surface area contributed by atoms with Crippen molar-refractivity contribution in [3.05, 3.63) is 39.8 Å². The van der Waals surface area contributed by atoms with E-state index in [0.29, 0.717) is 30.5 Å². The van der Waals surface area contributed by atoms with Crippen LogP contribution in [0, 0.1) is 6.92 Å². The highest BCUT2D eigenvalue weighted by atomic mass is 32.2. The van der Waals surface area contributed by atoms with Gasteiger partial charge in [0.25, 0.3) is 11.1 Å². The van der Waals surface area contributed by atoms with Gasteiger partial charge in [0.2, 0.25) is 11.3 Å². The minimum Gasteiger partial charge on any atom is -0.336 e. The highest BCUT2D eigenvalue weighted by molar-refractivity contribution is 8.14. The second-order valence-corrected chi connectivity index (χ2v) is 7.92. The molecular weight excluding hydrogens is 380 g/mol. The number of fused-ring (bicyclic) bond motifs is 1. The first-order chi connectivity index (χ1) is 13.4. The zero-order valence-corrected chi connectivity index (χ0v) is 16.5. The van der Waals surface area contributed by atoms with Gasteiger partial charge in [0.1, 0.15) is 11.2 Å². The number of carbonyl (C=O) groups is 3. The topological polar surface area (TPSA) is 92.6 Å². The summed E-state index contributed by atoms with van der Waals surface area (Å²) in [6, 6.07) is 3.14. The summed E-state index contributed by atoms with van der Waals surface area (Å²) in [4.78, 5) is 57.1. The quantitative estimate of drug-likeness (QED) is 0.778. The molecule has 1 atom stereocenters. The van der Waals surface area contributed by atoms with Crippen LogP contribution in [-0.2, 0) is 11.3 Å². The molecule has 9 heteroatoms. The van der Waals surface area contributed by atoms with Crippen LogP contribution in [0.4, 0.5) is 4.79 Å². The van der Waals surface area contributed by atoms with Crippen LogP contribution in [0.2, 0.25) is 0 Å². The third-order valence-electron chi connectivity index (χ3n) is 5.23. The minimum absolute atomic E-state index is 0.0918. The number of aryl methyl sites for hydroxylation is 2. The van der Waals surface area contributed by atoms with Gasteiger partial charge in [-0.3, -0.25) is 24.1 Å². The van der Waals surface area contributed by atoms with Crippen LogP contribution in [0.1, 0.15) is 29.4 Å². The Hall–Kier alpha value is -2.68. The van der Waals surface area contributed by atoms with Crippen LogP contribution < -0.4 is 5.43 Å². The predicted octanol–water partition coefficient (Wildman–Crippen LogP) is 1.63. The first-order valence-corrected chi connectivity index (χ1v) is 10.2. The summed E-state index contributed by atoms with van der Waals surface area (Å²) in [5.41, 5.74) is 1.11. The van der Waals surface area contributed by atoms with Gasteiger partial charge in [0.05, 0.1) is 17.2 Å². The Labute approximate surface area is 165 Å². The van der Waals surface area contributed by atoms with Gasteiger partial charge in [-0.1, -0.05) is 11.8 Å². The number of nitrogens with zero attached hydrogens (tertiary/aromatic N) is 4. The summed E-state index contributed by atoms with van der Waals surface area (Å²) < 4.78 is 1.80. The van der Waals surface area contributed by atoms with E-state index < -0.39 is 0 Å². The monoisotopic (exact) mass is 400 g/mol. The Bertz CT molecular complexity index is 1050. The van der Waals surface area contributed by atoms with E-state index in [-0.39, 0.29) is 46.4 Å². The molecule has 0 aromatic carbocycles. The van der Waals surface area contributed by atoms with E-state index >= 15 is 0 Å². The maximum atomic E-state index is 13.1. The molecule has 0 bridgehead atoms. The number of aromatic nitrogens is 2. The van der Waals surface area contributed by atoms with E-state index in [9.17, 15) is 19.2 Å². The lowest BCUT2D eigenvalue weighted by Gasteiger charge is -2.22. The van der Waals surface area contributed by atoms with Crippen molar-refractivity contribution in [2.75, 3.05) is 18.8 Å². The zero-order valence-electron chi connectivity index (χ0n) is 15.7. The lowest BCUT2D eigenvalue weighted by molar-refractivity contribution is -0.126. The molecule has 4 rings (SSSR count). The number of likely N-dealkylation sites (tertiary alicyclic amines) is 1. The number of hydrogen-bond acceptors (Lipinski definition) is 6. The Morgan fingerprint density at radius 2 is 2.07 bits per heavy atom. The third kappa shape index (κ3) is 2.99. The number of hydrogen-bond donors (Lipinski definition) is 0. The van der Waals surface area contributed by atoms with E-state index in [0.717, 1.165) is 17.5 Å². The number of pyridine rings is 2. The van der Waals surface area contributed by atoms with Gasteiger partial charge in [-0.15, -0.1) is 0 Å². The summed E-state index contributed by atoms with van der Waals surface area (Å²) in [6.45, 7) is 5.01. The molecule has 0 N–H and O–H groups in total. The lowest BCUT2D eigenvalue weighted by Crippen LogP contribution is -2.42.